The molecule has 2 fully saturated rings. The summed E-state index contributed by atoms with van der Waals surface area (Å²) in [5.74, 6) is 0.436. The van der Waals surface area contributed by atoms with Gasteiger partial charge < -0.3 is 24.4 Å². The van der Waals surface area contributed by atoms with Crippen molar-refractivity contribution >= 4 is 17.0 Å². The molecule has 48 heavy (non-hydrogen) atoms. The Hall–Kier alpha value is -4.18. The van der Waals surface area contributed by atoms with E-state index >= 15 is 4.39 Å². The fraction of sp³-hybridized carbons (Fsp3) is 0.500. The Bertz CT molecular complexity index is 1760. The second-order valence-electron chi connectivity index (χ2n) is 15.1. The van der Waals surface area contributed by atoms with Gasteiger partial charge in [0.2, 0.25) is 11.8 Å². The summed E-state index contributed by atoms with van der Waals surface area (Å²) >= 11 is 0. The van der Waals surface area contributed by atoms with Crippen molar-refractivity contribution in [2.75, 3.05) is 32.7 Å². The zero-order valence-electron chi connectivity index (χ0n) is 29.0. The van der Waals surface area contributed by atoms with E-state index < -0.39 is 5.60 Å². The lowest BCUT2D eigenvalue weighted by Crippen LogP contribution is -2.52. The molecule has 0 radical (unpaired) electrons. The third-order valence-electron chi connectivity index (χ3n) is 9.90. The maximum absolute atomic E-state index is 15.9. The second-order valence-corrected chi connectivity index (χ2v) is 15.1. The molecule has 1 amide bonds. The van der Waals surface area contributed by atoms with Gasteiger partial charge in [-0.15, -0.1) is 0 Å². The number of benzene rings is 2. The summed E-state index contributed by atoms with van der Waals surface area (Å²) < 4.78 is 29.4. The van der Waals surface area contributed by atoms with Crippen LogP contribution in [0.4, 0.5) is 9.18 Å². The van der Waals surface area contributed by atoms with Crippen LogP contribution in [0.15, 0.2) is 54.6 Å². The lowest BCUT2D eigenvalue weighted by atomic mass is 9.73. The Balaban J connectivity index is 1.13. The predicted octanol–water partition coefficient (Wildman–Crippen LogP) is 7.52. The lowest BCUT2D eigenvalue weighted by molar-refractivity contribution is -0.0113. The van der Waals surface area contributed by atoms with Gasteiger partial charge in [-0.05, 0) is 99.7 Å². The summed E-state index contributed by atoms with van der Waals surface area (Å²) in [6.07, 6.45) is 2.47. The molecule has 0 aliphatic carbocycles. The average molecular weight is 658 g/mol. The molecule has 4 heterocycles. The van der Waals surface area contributed by atoms with Crippen molar-refractivity contribution in [2.45, 2.75) is 72.0 Å². The Morgan fingerprint density at radius 3 is 2.46 bits per heavy atom. The number of ether oxygens (including phenoxy) is 2. The van der Waals surface area contributed by atoms with Crippen LogP contribution in [-0.4, -0.2) is 74.1 Å². The van der Waals surface area contributed by atoms with E-state index in [0.717, 1.165) is 55.5 Å². The number of aromatic nitrogens is 3. The fourth-order valence-electron chi connectivity index (χ4n) is 7.21. The third-order valence-corrected chi connectivity index (χ3v) is 9.90. The van der Waals surface area contributed by atoms with Crippen molar-refractivity contribution < 1.29 is 23.8 Å². The number of rotatable bonds is 7. The number of nitrogens with zero attached hydrogens (tertiary/aromatic N) is 5. The van der Waals surface area contributed by atoms with Crippen LogP contribution >= 0.6 is 0 Å². The van der Waals surface area contributed by atoms with E-state index in [-0.39, 0.29) is 41.6 Å². The van der Waals surface area contributed by atoms with Crippen LogP contribution in [0, 0.1) is 17.2 Å². The number of aryl methyl sites for hydroxylation is 1. The monoisotopic (exact) mass is 657 g/mol. The summed E-state index contributed by atoms with van der Waals surface area (Å²) in [4.78, 5) is 21.3. The molecule has 256 valence electrons. The maximum Gasteiger partial charge on any atom is 0.410 e. The molecule has 10 heteroatoms. The van der Waals surface area contributed by atoms with E-state index in [1.165, 1.54) is 6.07 Å². The highest BCUT2D eigenvalue weighted by atomic mass is 19.1. The van der Waals surface area contributed by atoms with Crippen molar-refractivity contribution in [1.82, 2.24) is 24.6 Å². The normalized spacial score (nSPS) is 19.1. The summed E-state index contributed by atoms with van der Waals surface area (Å²) in [5.41, 5.74) is 3.15. The summed E-state index contributed by atoms with van der Waals surface area (Å²) in [6.45, 7) is 14.7. The van der Waals surface area contributed by atoms with Gasteiger partial charge in [-0.25, -0.2) is 9.18 Å². The minimum atomic E-state index is -0.503. The van der Waals surface area contributed by atoms with Crippen molar-refractivity contribution in [3.8, 4) is 23.0 Å². The van der Waals surface area contributed by atoms with Gasteiger partial charge in [0.1, 0.15) is 23.7 Å². The molecular weight excluding hydrogens is 609 g/mol. The van der Waals surface area contributed by atoms with Crippen molar-refractivity contribution in [3.63, 3.8) is 0 Å². The standard InChI is InChI=1S/C38H48FN5O4/c1-37(2,3)48-36(46)44-19-16-27(38(4,5)24-44)22-43-17-14-26(15-18-43)29-21-32-30(20-31(29)39)34(41-42(32)6)28-12-13-33(45)40-35(28)47-23-25-10-8-7-9-11-25/h7-13,20-21,26-27H,14-19,22-24H2,1-6H3,(H,40,45)/t27-/m1/s1. The molecular formula is C38H48FN5O4. The Kier molecular flexibility index (Phi) is 9.40. The second kappa shape index (κ2) is 13.4. The first-order valence-electron chi connectivity index (χ1n) is 17.0. The number of halogens is 1. The number of piperidine rings is 2. The van der Waals surface area contributed by atoms with Crippen molar-refractivity contribution in [1.29, 1.82) is 0 Å². The van der Waals surface area contributed by atoms with Crippen LogP contribution in [0.5, 0.6) is 11.8 Å². The molecule has 0 unspecified atom stereocenters. The van der Waals surface area contributed by atoms with Crippen molar-refractivity contribution in [3.05, 3.63) is 71.5 Å². The first-order chi connectivity index (χ1) is 22.8. The molecule has 6 rings (SSSR count). The van der Waals surface area contributed by atoms with Crippen LogP contribution in [0.1, 0.15) is 70.9 Å². The van der Waals surface area contributed by atoms with Crippen LogP contribution < -0.4 is 4.74 Å². The average Bonchev–Trinajstić information content (AvgIpc) is 3.35. The molecule has 0 bridgehead atoms. The topological polar surface area (TPSA) is 93.0 Å². The fourth-order valence-corrected chi connectivity index (χ4v) is 7.21. The molecule has 1 atom stereocenters. The van der Waals surface area contributed by atoms with E-state index in [0.29, 0.717) is 35.7 Å². The minimum Gasteiger partial charge on any atom is -0.493 e. The molecule has 2 aromatic heterocycles. The first kappa shape index (κ1) is 33.7. The quantitative estimate of drug-likeness (QED) is 0.220. The largest absolute Gasteiger partial charge is 0.493 e. The Labute approximate surface area is 282 Å². The third kappa shape index (κ3) is 7.43. The maximum atomic E-state index is 15.9. The number of likely N-dealkylation sites (tertiary alicyclic amines) is 2. The van der Waals surface area contributed by atoms with Gasteiger partial charge in [0.25, 0.3) is 0 Å². The number of pyridine rings is 1. The van der Waals surface area contributed by atoms with E-state index in [4.69, 9.17) is 14.6 Å². The first-order valence-corrected chi connectivity index (χ1v) is 17.0. The van der Waals surface area contributed by atoms with Gasteiger partial charge in [0, 0.05) is 38.1 Å². The SMILES string of the molecule is Cn1nc(-c2ccc(O)nc2OCc2ccccc2)c2cc(F)c(C3CCN(C[C@H]4CCN(C(=O)OC(C)(C)C)CC4(C)C)CC3)cc21. The molecule has 2 aliphatic heterocycles. The highest BCUT2D eigenvalue weighted by Gasteiger charge is 2.40. The van der Waals surface area contributed by atoms with Gasteiger partial charge in [-0.3, -0.25) is 4.68 Å². The molecule has 2 saturated heterocycles. The molecule has 9 nitrogen and oxygen atoms in total. The Morgan fingerprint density at radius 1 is 1.04 bits per heavy atom. The summed E-state index contributed by atoms with van der Waals surface area (Å²) in [7, 11) is 1.87. The zero-order valence-corrected chi connectivity index (χ0v) is 29.0. The Morgan fingerprint density at radius 2 is 1.77 bits per heavy atom. The number of hydrogen-bond acceptors (Lipinski definition) is 7. The smallest absolute Gasteiger partial charge is 0.410 e. The highest BCUT2D eigenvalue weighted by Crippen LogP contribution is 2.40. The van der Waals surface area contributed by atoms with Crippen LogP contribution in [0.3, 0.4) is 0 Å². The van der Waals surface area contributed by atoms with Crippen LogP contribution in [0.25, 0.3) is 22.2 Å². The van der Waals surface area contributed by atoms with Crippen molar-refractivity contribution in [2.24, 2.45) is 18.4 Å². The van der Waals surface area contributed by atoms with Gasteiger partial charge in [0.15, 0.2) is 0 Å². The molecule has 1 N–H and O–H groups in total. The van der Waals surface area contributed by atoms with Gasteiger partial charge in [-0.2, -0.15) is 10.1 Å². The molecule has 2 aliphatic rings. The summed E-state index contributed by atoms with van der Waals surface area (Å²) in [6, 6.07) is 16.5. The zero-order chi connectivity index (χ0) is 34.2. The predicted molar refractivity (Wildman–Crippen MR) is 184 cm³/mol. The number of carbonyl (C=O) groups is 1. The van der Waals surface area contributed by atoms with E-state index in [1.54, 1.807) is 16.8 Å². The van der Waals surface area contributed by atoms with E-state index in [2.05, 4.69) is 23.7 Å². The van der Waals surface area contributed by atoms with Gasteiger partial charge >= 0.3 is 6.09 Å². The molecule has 2 aromatic carbocycles. The number of hydrogen-bond donors (Lipinski definition) is 1. The minimum absolute atomic E-state index is 0.0279. The van der Waals surface area contributed by atoms with Crippen LogP contribution in [0.2, 0.25) is 0 Å². The van der Waals surface area contributed by atoms with E-state index in [9.17, 15) is 9.90 Å². The van der Waals surface area contributed by atoms with Crippen LogP contribution in [-0.2, 0) is 18.4 Å². The van der Waals surface area contributed by atoms with E-state index in [1.807, 2.05) is 69.1 Å². The highest BCUT2D eigenvalue weighted by molar-refractivity contribution is 5.95. The van der Waals surface area contributed by atoms with Gasteiger partial charge in [-0.1, -0.05) is 44.2 Å². The molecule has 0 saturated carbocycles. The molecule has 0 spiro atoms. The molecule has 4 aromatic rings. The number of fused-ring (bicyclic) bond motifs is 1. The lowest BCUT2D eigenvalue weighted by Gasteiger charge is -2.46. The number of aromatic hydroxyl groups is 1. The van der Waals surface area contributed by atoms with Gasteiger partial charge in [0.05, 0.1) is 11.1 Å². The number of carbonyl (C=O) groups excluding carboxylic acids is 1. The number of amides is 1. The summed E-state index contributed by atoms with van der Waals surface area (Å²) in [5, 5.41) is 15.6.